The normalized spacial score (nSPS) is 9.07. The van der Waals surface area contributed by atoms with Gasteiger partial charge in [0.25, 0.3) is 0 Å². The Labute approximate surface area is 271 Å². The van der Waals surface area contributed by atoms with Crippen molar-refractivity contribution in [1.82, 2.24) is 0 Å². The standard InChI is InChI=1S/4C7H5ClO2.Sn/c4*8-6-4-2-1-3-5(6)7(9)10;/h4*1-4H,(H,9,10);/q;;;;+4/p-4. The number of hydrogen-bond donors (Lipinski definition) is 0. The molecule has 0 saturated carbocycles. The van der Waals surface area contributed by atoms with Crippen molar-refractivity contribution in [3.05, 3.63) is 139 Å². The molecule has 0 bridgehead atoms. The molecular formula is C28H16Cl4O8Sn. The van der Waals surface area contributed by atoms with Crippen LogP contribution in [-0.4, -0.2) is 47.8 Å². The molecule has 4 rings (SSSR count). The molecule has 0 unspecified atom stereocenters. The van der Waals surface area contributed by atoms with Crippen LogP contribution < -0.4 is 20.4 Å². The van der Waals surface area contributed by atoms with Crippen molar-refractivity contribution in [2.45, 2.75) is 0 Å². The number of rotatable bonds is 4. The van der Waals surface area contributed by atoms with Gasteiger partial charge in [-0.3, -0.25) is 0 Å². The first kappa shape index (κ1) is 37.7. The third-order valence-electron chi connectivity index (χ3n) is 4.38. The Bertz CT molecular complexity index is 1260. The van der Waals surface area contributed by atoms with E-state index in [9.17, 15) is 39.6 Å². The fourth-order valence-corrected chi connectivity index (χ4v) is 3.36. The zero-order chi connectivity index (χ0) is 30.2. The first-order valence-electron chi connectivity index (χ1n) is 10.7. The average molecular weight is 741 g/mol. The van der Waals surface area contributed by atoms with E-state index in [4.69, 9.17) is 46.4 Å². The number of aromatic carboxylic acids is 4. The zero-order valence-corrected chi connectivity index (χ0v) is 26.4. The van der Waals surface area contributed by atoms with Crippen LogP contribution >= 0.6 is 46.4 Å². The minimum absolute atomic E-state index is 0. The van der Waals surface area contributed by atoms with Gasteiger partial charge >= 0.3 is 23.9 Å². The summed E-state index contributed by atoms with van der Waals surface area (Å²) in [5.41, 5.74) is 0.127. The predicted molar refractivity (Wildman–Crippen MR) is 149 cm³/mol. The number of carbonyl (C=O) groups is 4. The van der Waals surface area contributed by atoms with Crippen LogP contribution in [0, 0.1) is 0 Å². The van der Waals surface area contributed by atoms with Gasteiger partial charge in [-0.1, -0.05) is 119 Å². The van der Waals surface area contributed by atoms with Crippen LogP contribution in [0.5, 0.6) is 0 Å². The van der Waals surface area contributed by atoms with Gasteiger partial charge in [-0.2, -0.15) is 0 Å². The molecule has 0 saturated heterocycles. The summed E-state index contributed by atoms with van der Waals surface area (Å²) in [6.45, 7) is 0. The summed E-state index contributed by atoms with van der Waals surface area (Å²) in [4.78, 5) is 40.9. The van der Waals surface area contributed by atoms with Crippen LogP contribution in [0.15, 0.2) is 97.1 Å². The van der Waals surface area contributed by atoms with E-state index in [1.807, 2.05) is 0 Å². The summed E-state index contributed by atoms with van der Waals surface area (Å²) in [7, 11) is 0. The molecule has 0 radical (unpaired) electrons. The van der Waals surface area contributed by atoms with Crippen molar-refractivity contribution in [3.8, 4) is 0 Å². The van der Waals surface area contributed by atoms with Gasteiger partial charge in [0.2, 0.25) is 0 Å². The minimum Gasteiger partial charge on any atom is -0.545 e. The Hall–Kier alpha value is -3.28. The minimum atomic E-state index is -1.24. The first-order chi connectivity index (χ1) is 18.9. The Balaban J connectivity index is 0.000000516. The first-order valence-corrected chi connectivity index (χ1v) is 12.2. The van der Waals surface area contributed by atoms with Gasteiger partial charge in [0.05, 0.1) is 23.9 Å². The van der Waals surface area contributed by atoms with E-state index >= 15 is 0 Å². The number of carboxylic acid groups (broad SMARTS) is 4. The molecule has 0 spiro atoms. The largest absolute Gasteiger partial charge is 4.00 e. The van der Waals surface area contributed by atoms with Gasteiger partial charge in [0.1, 0.15) is 0 Å². The summed E-state index contributed by atoms with van der Waals surface area (Å²) in [6.07, 6.45) is 0. The van der Waals surface area contributed by atoms with Crippen molar-refractivity contribution in [2.24, 2.45) is 0 Å². The molecule has 0 fully saturated rings. The molecule has 41 heavy (non-hydrogen) atoms. The number of carbonyl (C=O) groups excluding carboxylic acids is 4. The van der Waals surface area contributed by atoms with Crippen LogP contribution in [0.1, 0.15) is 41.4 Å². The molecule has 13 heteroatoms. The fraction of sp³-hybridized carbons (Fsp3) is 0. The van der Waals surface area contributed by atoms with E-state index in [1.165, 1.54) is 48.5 Å². The monoisotopic (exact) mass is 740 g/mol. The van der Waals surface area contributed by atoms with Crippen LogP contribution in [0.3, 0.4) is 0 Å². The molecule has 0 aliphatic carbocycles. The van der Waals surface area contributed by atoms with E-state index in [0.29, 0.717) is 0 Å². The summed E-state index contributed by atoms with van der Waals surface area (Å²) in [5.74, 6) is -4.98. The topological polar surface area (TPSA) is 161 Å². The molecule has 0 atom stereocenters. The number of carboxylic acids is 4. The van der Waals surface area contributed by atoms with Crippen LogP contribution in [0.4, 0.5) is 0 Å². The van der Waals surface area contributed by atoms with E-state index in [1.54, 1.807) is 48.5 Å². The Morgan fingerprint density at radius 3 is 0.610 bits per heavy atom. The second-order valence-corrected chi connectivity index (χ2v) is 8.70. The quantitative estimate of drug-likeness (QED) is 0.289. The Morgan fingerprint density at radius 2 is 0.512 bits per heavy atom. The van der Waals surface area contributed by atoms with Crippen LogP contribution in [-0.2, 0) is 0 Å². The molecule has 4 aromatic carbocycles. The molecular weight excluding hydrogens is 725 g/mol. The Kier molecular flexibility index (Phi) is 18.2. The SMILES string of the molecule is O=C([O-])c1ccccc1Cl.O=C([O-])c1ccccc1Cl.O=C([O-])c1ccccc1Cl.O=C([O-])c1ccccc1Cl.[Sn+4]. The molecule has 0 aromatic heterocycles. The van der Waals surface area contributed by atoms with Crippen molar-refractivity contribution in [3.63, 3.8) is 0 Å². The molecule has 0 heterocycles. The van der Waals surface area contributed by atoms with Gasteiger partial charge in [-0.05, 0) is 24.3 Å². The molecule has 0 aliphatic heterocycles. The fourth-order valence-electron chi connectivity index (χ4n) is 2.51. The van der Waals surface area contributed by atoms with Gasteiger partial charge in [0.15, 0.2) is 0 Å². The van der Waals surface area contributed by atoms with Crippen molar-refractivity contribution in [1.29, 1.82) is 0 Å². The average Bonchev–Trinajstić information content (AvgIpc) is 2.90. The number of hydrogen-bond acceptors (Lipinski definition) is 8. The summed E-state index contributed by atoms with van der Waals surface area (Å²) in [5, 5.41) is 41.7. The second-order valence-electron chi connectivity index (χ2n) is 7.07. The molecule has 0 amide bonds. The molecule has 4 aromatic rings. The predicted octanol–water partition coefficient (Wildman–Crippen LogP) is 2.43. The number of halogens is 4. The Morgan fingerprint density at radius 1 is 0.366 bits per heavy atom. The van der Waals surface area contributed by atoms with Crippen molar-refractivity contribution in [2.75, 3.05) is 0 Å². The van der Waals surface area contributed by atoms with Gasteiger partial charge < -0.3 is 39.6 Å². The number of benzene rings is 4. The third-order valence-corrected chi connectivity index (χ3v) is 5.69. The molecule has 8 nitrogen and oxygen atoms in total. The summed E-state index contributed by atoms with van der Waals surface area (Å²) in [6, 6.07) is 24.7. The molecule has 0 aliphatic rings. The zero-order valence-electron chi connectivity index (χ0n) is 20.5. The molecule has 208 valence electrons. The van der Waals surface area contributed by atoms with Crippen molar-refractivity contribution >= 4 is 94.2 Å². The van der Waals surface area contributed by atoms with E-state index in [0.717, 1.165) is 0 Å². The van der Waals surface area contributed by atoms with Crippen molar-refractivity contribution < 1.29 is 39.6 Å². The maximum Gasteiger partial charge on any atom is 4.00 e. The van der Waals surface area contributed by atoms with Gasteiger partial charge in [-0.15, -0.1) is 0 Å². The van der Waals surface area contributed by atoms with E-state index in [2.05, 4.69) is 0 Å². The van der Waals surface area contributed by atoms with E-state index in [-0.39, 0.29) is 66.3 Å². The van der Waals surface area contributed by atoms with Crippen LogP contribution in [0.2, 0.25) is 20.1 Å². The summed E-state index contributed by atoms with van der Waals surface area (Å²) < 4.78 is 0. The maximum atomic E-state index is 10.2. The third kappa shape index (κ3) is 13.8. The smallest absolute Gasteiger partial charge is 0.545 e. The summed E-state index contributed by atoms with van der Waals surface area (Å²) >= 11 is 22.0. The molecule has 0 N–H and O–H groups in total. The maximum absolute atomic E-state index is 10.2. The van der Waals surface area contributed by atoms with Gasteiger partial charge in [-0.25, -0.2) is 0 Å². The van der Waals surface area contributed by atoms with Crippen LogP contribution in [0.25, 0.3) is 0 Å². The van der Waals surface area contributed by atoms with Gasteiger partial charge in [0, 0.05) is 42.3 Å². The van der Waals surface area contributed by atoms with E-state index < -0.39 is 23.9 Å². The second kappa shape index (κ2) is 19.7.